The molecule has 0 unspecified atom stereocenters. The number of thiazole rings is 1. The summed E-state index contributed by atoms with van der Waals surface area (Å²) in [5.41, 5.74) is 2.72. The smallest absolute Gasteiger partial charge is 0.210 e. The lowest BCUT2D eigenvalue weighted by atomic mass is 10.1. The first-order valence-electron chi connectivity index (χ1n) is 8.98. The van der Waals surface area contributed by atoms with Crippen LogP contribution in [0.3, 0.4) is 0 Å². The van der Waals surface area contributed by atoms with Crippen LogP contribution in [0.25, 0.3) is 34.6 Å². The number of aromatic amines is 1. The number of hydrogen-bond acceptors (Lipinski definition) is 7. The van der Waals surface area contributed by atoms with Gasteiger partial charge in [-0.05, 0) is 42.3 Å². The van der Waals surface area contributed by atoms with Gasteiger partial charge < -0.3 is 4.57 Å². The van der Waals surface area contributed by atoms with Crippen LogP contribution in [0.1, 0.15) is 43.1 Å². The van der Waals surface area contributed by atoms with Crippen molar-refractivity contribution in [2.45, 2.75) is 33.2 Å². The summed E-state index contributed by atoms with van der Waals surface area (Å²) in [7, 11) is 0. The summed E-state index contributed by atoms with van der Waals surface area (Å²) < 4.78 is 1.92. The average molecular weight is 393 g/mol. The zero-order valence-electron chi connectivity index (χ0n) is 15.7. The van der Waals surface area contributed by atoms with E-state index in [4.69, 9.17) is 0 Å². The Hall–Kier alpha value is -3.20. The third kappa shape index (κ3) is 3.36. The second-order valence-electron chi connectivity index (χ2n) is 6.60. The fourth-order valence-electron chi connectivity index (χ4n) is 2.85. The summed E-state index contributed by atoms with van der Waals surface area (Å²) in [5, 5.41) is 17.3. The molecular formula is C19H19N7OS. The van der Waals surface area contributed by atoms with Crippen molar-refractivity contribution in [1.82, 2.24) is 35.2 Å². The van der Waals surface area contributed by atoms with Gasteiger partial charge in [-0.1, -0.05) is 13.8 Å². The molecular weight excluding hydrogens is 374 g/mol. The zero-order chi connectivity index (χ0) is 19.7. The number of pyridine rings is 2. The number of rotatable bonds is 5. The van der Waals surface area contributed by atoms with Crippen LogP contribution in [0.5, 0.6) is 0 Å². The number of aryl methyl sites for hydroxylation is 1. The van der Waals surface area contributed by atoms with Crippen molar-refractivity contribution in [3.63, 3.8) is 0 Å². The van der Waals surface area contributed by atoms with E-state index >= 15 is 0 Å². The van der Waals surface area contributed by atoms with Crippen molar-refractivity contribution in [2.75, 3.05) is 0 Å². The maximum Gasteiger partial charge on any atom is 0.210 e. The van der Waals surface area contributed by atoms with Gasteiger partial charge in [0.05, 0.1) is 22.3 Å². The molecule has 4 aromatic rings. The first-order chi connectivity index (χ1) is 13.6. The average Bonchev–Trinajstić information content (AvgIpc) is 3.39. The first-order valence-corrected chi connectivity index (χ1v) is 9.86. The number of aromatic nitrogens is 7. The van der Waals surface area contributed by atoms with E-state index in [2.05, 4.69) is 49.8 Å². The molecule has 0 fully saturated rings. The molecule has 1 N–H and O–H groups in total. The summed E-state index contributed by atoms with van der Waals surface area (Å²) in [6.07, 6.45) is 5.60. The molecule has 0 amide bonds. The predicted octanol–water partition coefficient (Wildman–Crippen LogP) is 3.35. The van der Waals surface area contributed by atoms with Gasteiger partial charge in [-0.3, -0.25) is 4.79 Å². The standard InChI is InChI=1S/C19H19N7OS/c1-4-26-9-14(18-22-24-25-23-18)17(27)13-7-5-12(20-19(13)26)6-8-16-21-15(10-28-16)11(2)3/h5-11H,4H2,1-3H3,(H,22,23,24,25). The fraction of sp³-hybridized carbons (Fsp3) is 0.263. The Balaban J connectivity index is 1.75. The largest absolute Gasteiger partial charge is 0.332 e. The summed E-state index contributed by atoms with van der Waals surface area (Å²) in [6.45, 7) is 6.91. The molecule has 0 aromatic carbocycles. The Labute approximate surface area is 165 Å². The molecule has 9 heteroatoms. The number of fused-ring (bicyclic) bond motifs is 1. The van der Waals surface area contributed by atoms with E-state index in [9.17, 15) is 4.79 Å². The molecule has 0 spiro atoms. The minimum Gasteiger partial charge on any atom is -0.332 e. The lowest BCUT2D eigenvalue weighted by molar-refractivity contribution is 0.777. The molecule has 0 saturated heterocycles. The van der Waals surface area contributed by atoms with Crippen molar-refractivity contribution in [3.8, 4) is 11.4 Å². The highest BCUT2D eigenvalue weighted by Crippen LogP contribution is 2.20. The number of nitrogens with zero attached hydrogens (tertiary/aromatic N) is 6. The van der Waals surface area contributed by atoms with E-state index in [-0.39, 0.29) is 11.3 Å². The molecule has 8 nitrogen and oxygen atoms in total. The minimum absolute atomic E-state index is 0.161. The van der Waals surface area contributed by atoms with Gasteiger partial charge in [0.15, 0.2) is 0 Å². The second-order valence-corrected chi connectivity index (χ2v) is 7.49. The molecule has 0 bridgehead atoms. The maximum atomic E-state index is 12.9. The van der Waals surface area contributed by atoms with Gasteiger partial charge in [-0.2, -0.15) is 5.21 Å². The normalized spacial score (nSPS) is 11.9. The Morgan fingerprint density at radius 3 is 2.79 bits per heavy atom. The molecule has 0 saturated carbocycles. The highest BCUT2D eigenvalue weighted by Gasteiger charge is 2.14. The number of tetrazole rings is 1. The summed E-state index contributed by atoms with van der Waals surface area (Å²) in [5.74, 6) is 0.687. The number of H-pyrrole nitrogens is 1. The predicted molar refractivity (Wildman–Crippen MR) is 110 cm³/mol. The fourth-order valence-corrected chi connectivity index (χ4v) is 3.72. The molecule has 0 radical (unpaired) electrons. The summed E-state index contributed by atoms with van der Waals surface area (Å²) in [4.78, 5) is 22.1. The molecule has 4 aromatic heterocycles. The van der Waals surface area contributed by atoms with Crippen LogP contribution in [-0.4, -0.2) is 35.2 Å². The SMILES string of the molecule is CCn1cc(-c2nn[nH]n2)c(=O)c2ccc(C=Cc3nc(C(C)C)cs3)nc21. The number of hydrogen-bond donors (Lipinski definition) is 1. The van der Waals surface area contributed by atoms with Gasteiger partial charge in [0.25, 0.3) is 0 Å². The molecule has 0 aliphatic carbocycles. The van der Waals surface area contributed by atoms with E-state index in [0.29, 0.717) is 29.1 Å². The molecule has 0 aliphatic rings. The van der Waals surface area contributed by atoms with Crippen molar-refractivity contribution in [1.29, 1.82) is 0 Å². The van der Waals surface area contributed by atoms with Crippen LogP contribution in [-0.2, 0) is 6.54 Å². The van der Waals surface area contributed by atoms with Crippen LogP contribution in [0.2, 0.25) is 0 Å². The van der Waals surface area contributed by atoms with Crippen molar-refractivity contribution in [3.05, 3.63) is 50.3 Å². The highest BCUT2D eigenvalue weighted by molar-refractivity contribution is 7.10. The van der Waals surface area contributed by atoms with Crippen LogP contribution >= 0.6 is 11.3 Å². The van der Waals surface area contributed by atoms with E-state index in [1.165, 1.54) is 0 Å². The molecule has 4 heterocycles. The van der Waals surface area contributed by atoms with Crippen molar-refractivity contribution < 1.29 is 0 Å². The lowest BCUT2D eigenvalue weighted by Crippen LogP contribution is -2.13. The molecule has 0 aliphatic heterocycles. The van der Waals surface area contributed by atoms with E-state index < -0.39 is 0 Å². The first kappa shape index (κ1) is 18.2. The monoisotopic (exact) mass is 393 g/mol. The summed E-state index contributed by atoms with van der Waals surface area (Å²) >= 11 is 1.61. The van der Waals surface area contributed by atoms with Gasteiger partial charge in [0.1, 0.15) is 10.7 Å². The van der Waals surface area contributed by atoms with E-state index in [0.717, 1.165) is 16.4 Å². The Bertz CT molecular complexity index is 1200. The van der Waals surface area contributed by atoms with E-state index in [1.807, 2.05) is 29.7 Å². The third-order valence-electron chi connectivity index (χ3n) is 4.40. The van der Waals surface area contributed by atoms with Crippen LogP contribution in [0, 0.1) is 0 Å². The van der Waals surface area contributed by atoms with Gasteiger partial charge >= 0.3 is 0 Å². The molecule has 0 atom stereocenters. The zero-order valence-corrected chi connectivity index (χ0v) is 16.6. The third-order valence-corrected chi connectivity index (χ3v) is 5.23. The van der Waals surface area contributed by atoms with Gasteiger partial charge in [0, 0.05) is 18.1 Å². The van der Waals surface area contributed by atoms with Crippen LogP contribution in [0.15, 0.2) is 28.5 Å². The van der Waals surface area contributed by atoms with Gasteiger partial charge in [-0.15, -0.1) is 21.5 Å². The molecule has 142 valence electrons. The van der Waals surface area contributed by atoms with Crippen molar-refractivity contribution in [2.24, 2.45) is 0 Å². The highest BCUT2D eigenvalue weighted by atomic mass is 32.1. The topological polar surface area (TPSA) is 102 Å². The van der Waals surface area contributed by atoms with Crippen molar-refractivity contribution >= 4 is 34.5 Å². The maximum absolute atomic E-state index is 12.9. The van der Waals surface area contributed by atoms with Crippen LogP contribution in [0.4, 0.5) is 0 Å². The Morgan fingerprint density at radius 1 is 1.25 bits per heavy atom. The number of nitrogens with one attached hydrogen (secondary N) is 1. The molecule has 28 heavy (non-hydrogen) atoms. The van der Waals surface area contributed by atoms with Gasteiger partial charge in [-0.25, -0.2) is 9.97 Å². The summed E-state index contributed by atoms with van der Waals surface area (Å²) in [6, 6.07) is 3.62. The lowest BCUT2D eigenvalue weighted by Gasteiger charge is -2.09. The second kappa shape index (κ2) is 7.43. The minimum atomic E-state index is -0.161. The Kier molecular flexibility index (Phi) is 4.82. The van der Waals surface area contributed by atoms with E-state index in [1.54, 1.807) is 23.6 Å². The van der Waals surface area contributed by atoms with Gasteiger partial charge in [0.2, 0.25) is 11.3 Å². The Morgan fingerprint density at radius 2 is 2.11 bits per heavy atom. The van der Waals surface area contributed by atoms with Crippen LogP contribution < -0.4 is 5.43 Å². The quantitative estimate of drug-likeness (QED) is 0.558. The molecule has 4 rings (SSSR count).